The van der Waals surface area contributed by atoms with Crippen LogP contribution in [0.3, 0.4) is 0 Å². The van der Waals surface area contributed by atoms with Crippen molar-refractivity contribution >= 4 is 6.03 Å². The normalized spacial score (nSPS) is 22.9. The van der Waals surface area contributed by atoms with Gasteiger partial charge in [-0.3, -0.25) is 9.80 Å². The van der Waals surface area contributed by atoms with E-state index >= 15 is 0 Å². The first-order chi connectivity index (χ1) is 10.9. The number of hydrogen-bond donors (Lipinski definition) is 1. The number of hydrogen-bond acceptors (Lipinski definition) is 4. The number of carbonyl (C=O) groups is 1. The number of ether oxygens (including phenoxy) is 1. The number of amides is 2. The van der Waals surface area contributed by atoms with Crippen LogP contribution >= 0.6 is 0 Å². The van der Waals surface area contributed by atoms with E-state index in [-0.39, 0.29) is 17.6 Å². The lowest BCUT2D eigenvalue weighted by Crippen LogP contribution is -2.58. The highest BCUT2D eigenvalue weighted by atomic mass is 16.5. The minimum atomic E-state index is 0.0831. The Balaban J connectivity index is 1.72. The number of morpholine rings is 1. The van der Waals surface area contributed by atoms with Gasteiger partial charge in [0.05, 0.1) is 13.2 Å². The Morgan fingerprint density at radius 2 is 1.74 bits per heavy atom. The van der Waals surface area contributed by atoms with Crippen molar-refractivity contribution in [3.05, 3.63) is 0 Å². The van der Waals surface area contributed by atoms with Crippen molar-refractivity contribution in [1.29, 1.82) is 0 Å². The van der Waals surface area contributed by atoms with Crippen molar-refractivity contribution in [3.8, 4) is 0 Å². The summed E-state index contributed by atoms with van der Waals surface area (Å²) in [5, 5.41) is 3.15. The summed E-state index contributed by atoms with van der Waals surface area (Å²) in [6.07, 6.45) is 1.13. The molecule has 23 heavy (non-hydrogen) atoms. The molecule has 2 amide bonds. The van der Waals surface area contributed by atoms with Crippen LogP contribution in [0.25, 0.3) is 0 Å². The number of rotatable bonds is 5. The molecule has 1 atom stereocenters. The molecule has 0 aromatic rings. The summed E-state index contributed by atoms with van der Waals surface area (Å²) in [6, 6.07) is 0.255. The lowest BCUT2D eigenvalue weighted by atomic mass is 9.98. The summed E-state index contributed by atoms with van der Waals surface area (Å²) in [7, 11) is 0. The zero-order chi connectivity index (χ0) is 16.9. The van der Waals surface area contributed by atoms with E-state index in [4.69, 9.17) is 4.74 Å². The lowest BCUT2D eigenvalue weighted by Gasteiger charge is -2.44. The van der Waals surface area contributed by atoms with E-state index in [1.165, 1.54) is 0 Å². The fourth-order valence-corrected chi connectivity index (χ4v) is 3.26. The molecule has 2 aliphatic rings. The topological polar surface area (TPSA) is 48.0 Å². The van der Waals surface area contributed by atoms with Crippen molar-refractivity contribution in [2.75, 3.05) is 59.0 Å². The molecule has 0 bridgehead atoms. The molecule has 0 aromatic heterocycles. The molecular weight excluding hydrogens is 292 g/mol. The second kappa shape index (κ2) is 8.31. The maximum atomic E-state index is 12.4. The number of urea groups is 1. The molecule has 2 heterocycles. The second-order valence-electron chi connectivity index (χ2n) is 7.40. The average Bonchev–Trinajstić information content (AvgIpc) is 2.55. The van der Waals surface area contributed by atoms with Gasteiger partial charge in [0.2, 0.25) is 0 Å². The molecule has 0 saturated carbocycles. The number of nitrogens with zero attached hydrogens (tertiary/aromatic N) is 3. The number of nitrogens with one attached hydrogen (secondary N) is 1. The molecule has 0 radical (unpaired) electrons. The molecule has 2 rings (SSSR count). The zero-order valence-corrected chi connectivity index (χ0v) is 15.3. The Labute approximate surface area is 141 Å². The highest BCUT2D eigenvalue weighted by Gasteiger charge is 2.30. The van der Waals surface area contributed by atoms with Crippen LogP contribution in [0, 0.1) is 0 Å². The fraction of sp³-hybridized carbons (Fsp3) is 0.941. The maximum absolute atomic E-state index is 12.4. The van der Waals surface area contributed by atoms with E-state index in [2.05, 4.69) is 42.8 Å². The van der Waals surface area contributed by atoms with Gasteiger partial charge in [0, 0.05) is 57.4 Å². The lowest BCUT2D eigenvalue weighted by molar-refractivity contribution is 0.0339. The van der Waals surface area contributed by atoms with E-state index in [0.29, 0.717) is 0 Å². The molecule has 6 heteroatoms. The van der Waals surface area contributed by atoms with Crippen LogP contribution < -0.4 is 5.32 Å². The monoisotopic (exact) mass is 326 g/mol. The molecule has 6 nitrogen and oxygen atoms in total. The standard InChI is InChI=1S/C17H34N4O2/c1-5-17(3,4)21-8-6-20(7-9-21)16(22)18-15(2)14-19-10-12-23-13-11-19/h15H,5-14H2,1-4H3,(H,18,22). The SMILES string of the molecule is CCC(C)(C)N1CCN(C(=O)NC(C)CN2CCOCC2)CC1. The van der Waals surface area contributed by atoms with Gasteiger partial charge in [0.15, 0.2) is 0 Å². The summed E-state index contributed by atoms with van der Waals surface area (Å²) in [4.78, 5) is 19.2. The molecule has 1 N–H and O–H groups in total. The van der Waals surface area contributed by atoms with Crippen LogP contribution in [0.4, 0.5) is 4.79 Å². The first-order valence-corrected chi connectivity index (χ1v) is 9.03. The molecule has 1 unspecified atom stereocenters. The van der Waals surface area contributed by atoms with Crippen molar-refractivity contribution < 1.29 is 9.53 Å². The molecule has 0 aliphatic carbocycles. The fourth-order valence-electron chi connectivity index (χ4n) is 3.26. The third-order valence-corrected chi connectivity index (χ3v) is 5.29. The van der Waals surface area contributed by atoms with Gasteiger partial charge < -0.3 is 15.0 Å². The van der Waals surface area contributed by atoms with Gasteiger partial charge in [-0.1, -0.05) is 6.92 Å². The van der Waals surface area contributed by atoms with Crippen LogP contribution in [0.1, 0.15) is 34.1 Å². The number of carbonyl (C=O) groups excluding carboxylic acids is 1. The van der Waals surface area contributed by atoms with Crippen molar-refractivity contribution in [3.63, 3.8) is 0 Å². The molecule has 2 aliphatic heterocycles. The Bertz CT molecular complexity index is 375. The predicted molar refractivity (Wildman–Crippen MR) is 92.8 cm³/mol. The van der Waals surface area contributed by atoms with Crippen LogP contribution in [-0.2, 0) is 4.74 Å². The van der Waals surface area contributed by atoms with Gasteiger partial charge in [0.25, 0.3) is 0 Å². The van der Waals surface area contributed by atoms with Gasteiger partial charge in [-0.15, -0.1) is 0 Å². The average molecular weight is 326 g/mol. The van der Waals surface area contributed by atoms with E-state index in [1.807, 2.05) is 4.90 Å². The van der Waals surface area contributed by atoms with E-state index in [9.17, 15) is 4.79 Å². The first-order valence-electron chi connectivity index (χ1n) is 9.03. The summed E-state index contributed by atoms with van der Waals surface area (Å²) in [5.74, 6) is 0. The van der Waals surface area contributed by atoms with Gasteiger partial charge in [-0.05, 0) is 27.2 Å². The van der Waals surface area contributed by atoms with Crippen molar-refractivity contribution in [2.45, 2.75) is 45.7 Å². The van der Waals surface area contributed by atoms with Gasteiger partial charge >= 0.3 is 6.03 Å². The largest absolute Gasteiger partial charge is 0.379 e. The molecule has 2 fully saturated rings. The summed E-state index contributed by atoms with van der Waals surface area (Å²) < 4.78 is 5.36. The predicted octanol–water partition coefficient (Wildman–Crippen LogP) is 1.22. The molecule has 2 saturated heterocycles. The van der Waals surface area contributed by atoms with Crippen LogP contribution in [0.2, 0.25) is 0 Å². The highest BCUT2D eigenvalue weighted by Crippen LogP contribution is 2.20. The second-order valence-corrected chi connectivity index (χ2v) is 7.40. The summed E-state index contributed by atoms with van der Waals surface area (Å²) in [6.45, 7) is 16.9. The molecule has 0 aromatic carbocycles. The van der Waals surface area contributed by atoms with Gasteiger partial charge in [-0.25, -0.2) is 4.79 Å². The Hall–Kier alpha value is -0.850. The third-order valence-electron chi connectivity index (χ3n) is 5.29. The van der Waals surface area contributed by atoms with Crippen LogP contribution in [-0.4, -0.2) is 91.3 Å². The van der Waals surface area contributed by atoms with Crippen LogP contribution in [0.5, 0.6) is 0 Å². The highest BCUT2D eigenvalue weighted by molar-refractivity contribution is 5.74. The van der Waals surface area contributed by atoms with E-state index < -0.39 is 0 Å². The summed E-state index contributed by atoms with van der Waals surface area (Å²) >= 11 is 0. The quantitative estimate of drug-likeness (QED) is 0.825. The molecular formula is C17H34N4O2. The molecule has 0 spiro atoms. The van der Waals surface area contributed by atoms with Gasteiger partial charge in [0.1, 0.15) is 0 Å². The Kier molecular flexibility index (Phi) is 6.68. The van der Waals surface area contributed by atoms with E-state index in [1.54, 1.807) is 0 Å². The smallest absolute Gasteiger partial charge is 0.317 e. The van der Waals surface area contributed by atoms with Crippen molar-refractivity contribution in [1.82, 2.24) is 20.0 Å². The van der Waals surface area contributed by atoms with Gasteiger partial charge in [-0.2, -0.15) is 0 Å². The summed E-state index contributed by atoms with van der Waals surface area (Å²) in [5.41, 5.74) is 0.228. The van der Waals surface area contributed by atoms with Crippen molar-refractivity contribution in [2.24, 2.45) is 0 Å². The van der Waals surface area contributed by atoms with Crippen LogP contribution in [0.15, 0.2) is 0 Å². The Morgan fingerprint density at radius 3 is 2.30 bits per heavy atom. The van der Waals surface area contributed by atoms with E-state index in [0.717, 1.165) is 65.4 Å². The Morgan fingerprint density at radius 1 is 1.13 bits per heavy atom. The minimum absolute atomic E-state index is 0.0831. The number of piperazine rings is 1. The maximum Gasteiger partial charge on any atom is 0.317 e. The minimum Gasteiger partial charge on any atom is -0.379 e. The third kappa shape index (κ3) is 5.33. The zero-order valence-electron chi connectivity index (χ0n) is 15.3. The first kappa shape index (κ1) is 18.5. The molecule has 134 valence electrons.